The lowest BCUT2D eigenvalue weighted by Gasteiger charge is -2.41. The zero-order chi connectivity index (χ0) is 13.9. The molecule has 0 unspecified atom stereocenters. The molecule has 0 bridgehead atoms. The van der Waals surface area contributed by atoms with Gasteiger partial charge >= 0.3 is 0 Å². The van der Waals surface area contributed by atoms with E-state index in [1.54, 1.807) is 11.3 Å². The zero-order valence-corrected chi connectivity index (χ0v) is 13.1. The summed E-state index contributed by atoms with van der Waals surface area (Å²) in [6.45, 7) is 6.26. The number of hydrogen-bond donors (Lipinski definition) is 0. The predicted molar refractivity (Wildman–Crippen MR) is 83.2 cm³/mol. The van der Waals surface area contributed by atoms with Crippen LogP contribution in [0.3, 0.4) is 0 Å². The van der Waals surface area contributed by atoms with Gasteiger partial charge < -0.3 is 4.90 Å². The number of carbonyl (C=O) groups is 1. The van der Waals surface area contributed by atoms with Crippen LogP contribution in [0.25, 0.3) is 0 Å². The molecule has 2 atom stereocenters. The van der Waals surface area contributed by atoms with Gasteiger partial charge in [0.1, 0.15) is 0 Å². The lowest BCUT2D eigenvalue weighted by atomic mass is 9.86. The van der Waals surface area contributed by atoms with Crippen molar-refractivity contribution in [2.45, 2.75) is 38.6 Å². The van der Waals surface area contributed by atoms with Gasteiger partial charge in [0.25, 0.3) is 5.91 Å². The summed E-state index contributed by atoms with van der Waals surface area (Å²) < 4.78 is 0. The lowest BCUT2D eigenvalue weighted by Crippen LogP contribution is -2.52. The molecule has 4 heteroatoms. The molecule has 110 valence electrons. The van der Waals surface area contributed by atoms with Gasteiger partial charge in [-0.15, -0.1) is 11.3 Å². The van der Waals surface area contributed by atoms with E-state index in [1.807, 2.05) is 22.4 Å². The molecule has 20 heavy (non-hydrogen) atoms. The van der Waals surface area contributed by atoms with E-state index in [-0.39, 0.29) is 5.91 Å². The molecule has 2 fully saturated rings. The molecule has 0 aromatic carbocycles. The minimum absolute atomic E-state index is 0.219. The lowest BCUT2D eigenvalue weighted by molar-refractivity contribution is 0.0493. The van der Waals surface area contributed by atoms with Gasteiger partial charge in [0, 0.05) is 32.2 Å². The van der Waals surface area contributed by atoms with Crippen molar-refractivity contribution in [1.29, 1.82) is 0 Å². The second-order valence-corrected chi connectivity index (χ2v) is 7.18. The first kappa shape index (κ1) is 14.1. The Labute approximate surface area is 125 Å². The summed E-state index contributed by atoms with van der Waals surface area (Å²) in [5.41, 5.74) is 0. The Balaban J connectivity index is 1.53. The van der Waals surface area contributed by atoms with Gasteiger partial charge in [-0.05, 0) is 30.2 Å². The summed E-state index contributed by atoms with van der Waals surface area (Å²) >= 11 is 1.55. The summed E-state index contributed by atoms with van der Waals surface area (Å²) in [7, 11) is 0. The first-order valence-electron chi connectivity index (χ1n) is 7.81. The molecule has 3 rings (SSSR count). The smallest absolute Gasteiger partial charge is 0.264 e. The summed E-state index contributed by atoms with van der Waals surface area (Å²) in [6.07, 6.45) is 5.47. The molecular weight excluding hydrogens is 268 g/mol. The molecule has 2 heterocycles. The summed E-state index contributed by atoms with van der Waals surface area (Å²) in [5, 5.41) is 1.98. The molecule has 0 radical (unpaired) electrons. The molecule has 1 aliphatic carbocycles. The Morgan fingerprint density at radius 1 is 1.25 bits per heavy atom. The van der Waals surface area contributed by atoms with Gasteiger partial charge in [0.05, 0.1) is 4.88 Å². The maximum absolute atomic E-state index is 12.3. The highest BCUT2D eigenvalue weighted by atomic mass is 32.1. The van der Waals surface area contributed by atoms with E-state index in [1.165, 1.54) is 25.7 Å². The van der Waals surface area contributed by atoms with Crippen LogP contribution in [-0.2, 0) is 0 Å². The fourth-order valence-electron chi connectivity index (χ4n) is 3.58. The van der Waals surface area contributed by atoms with Gasteiger partial charge in [0.15, 0.2) is 0 Å². The highest BCUT2D eigenvalue weighted by Crippen LogP contribution is 2.28. The molecule has 1 aliphatic heterocycles. The van der Waals surface area contributed by atoms with Crippen molar-refractivity contribution < 1.29 is 4.79 Å². The Morgan fingerprint density at radius 3 is 2.70 bits per heavy atom. The minimum atomic E-state index is 0.219. The molecule has 1 saturated heterocycles. The topological polar surface area (TPSA) is 23.6 Å². The fraction of sp³-hybridized carbons (Fsp3) is 0.688. The Hall–Kier alpha value is -0.870. The van der Waals surface area contributed by atoms with E-state index < -0.39 is 0 Å². The standard InChI is InChI=1S/C16H24N2OS/c1-13-4-2-5-14(12-13)17-7-9-18(10-8-17)16(19)15-6-3-11-20-15/h3,6,11,13-14H,2,4-5,7-10,12H2,1H3/t13-,14-/m1/s1. The minimum Gasteiger partial charge on any atom is -0.335 e. The van der Waals surface area contributed by atoms with Crippen molar-refractivity contribution in [2.24, 2.45) is 5.92 Å². The van der Waals surface area contributed by atoms with Crippen LogP contribution in [-0.4, -0.2) is 47.9 Å². The van der Waals surface area contributed by atoms with Crippen molar-refractivity contribution in [1.82, 2.24) is 9.80 Å². The Bertz CT molecular complexity index is 437. The molecule has 1 aromatic heterocycles. The highest BCUT2D eigenvalue weighted by Gasteiger charge is 2.29. The third kappa shape index (κ3) is 3.07. The van der Waals surface area contributed by atoms with Crippen molar-refractivity contribution in [3.8, 4) is 0 Å². The predicted octanol–water partition coefficient (Wildman–Crippen LogP) is 3.08. The highest BCUT2D eigenvalue weighted by molar-refractivity contribution is 7.12. The molecule has 3 nitrogen and oxygen atoms in total. The fourth-order valence-corrected chi connectivity index (χ4v) is 4.27. The summed E-state index contributed by atoms with van der Waals surface area (Å²) in [4.78, 5) is 17.8. The normalized spacial score (nSPS) is 28.6. The van der Waals surface area contributed by atoms with Crippen LogP contribution in [0.15, 0.2) is 17.5 Å². The van der Waals surface area contributed by atoms with E-state index >= 15 is 0 Å². The molecule has 1 aromatic rings. The van der Waals surface area contributed by atoms with Gasteiger partial charge in [-0.1, -0.05) is 25.8 Å². The maximum Gasteiger partial charge on any atom is 0.264 e. The van der Waals surface area contributed by atoms with E-state index in [2.05, 4.69) is 11.8 Å². The van der Waals surface area contributed by atoms with Crippen LogP contribution < -0.4 is 0 Å². The van der Waals surface area contributed by atoms with Gasteiger partial charge in [0.2, 0.25) is 0 Å². The van der Waals surface area contributed by atoms with Crippen molar-refractivity contribution in [3.63, 3.8) is 0 Å². The number of amides is 1. The van der Waals surface area contributed by atoms with Gasteiger partial charge in [-0.3, -0.25) is 9.69 Å². The van der Waals surface area contributed by atoms with Crippen LogP contribution >= 0.6 is 11.3 Å². The first-order valence-corrected chi connectivity index (χ1v) is 8.69. The van der Waals surface area contributed by atoms with Crippen LogP contribution in [0.2, 0.25) is 0 Å². The number of thiophene rings is 1. The molecule has 1 saturated carbocycles. The third-order valence-electron chi connectivity index (χ3n) is 4.76. The van der Waals surface area contributed by atoms with Gasteiger partial charge in [-0.25, -0.2) is 0 Å². The molecule has 0 spiro atoms. The van der Waals surface area contributed by atoms with Crippen LogP contribution in [0, 0.1) is 5.92 Å². The van der Waals surface area contributed by atoms with E-state index in [4.69, 9.17) is 0 Å². The average molecular weight is 292 g/mol. The second-order valence-electron chi connectivity index (χ2n) is 6.23. The first-order chi connectivity index (χ1) is 9.74. The van der Waals surface area contributed by atoms with Crippen LogP contribution in [0.4, 0.5) is 0 Å². The third-order valence-corrected chi connectivity index (χ3v) is 5.62. The number of hydrogen-bond acceptors (Lipinski definition) is 3. The van der Waals surface area contributed by atoms with Crippen molar-refractivity contribution in [3.05, 3.63) is 22.4 Å². The van der Waals surface area contributed by atoms with E-state index in [0.29, 0.717) is 0 Å². The number of rotatable bonds is 2. The van der Waals surface area contributed by atoms with Crippen LogP contribution in [0.1, 0.15) is 42.3 Å². The van der Waals surface area contributed by atoms with Crippen molar-refractivity contribution >= 4 is 17.2 Å². The van der Waals surface area contributed by atoms with Crippen molar-refractivity contribution in [2.75, 3.05) is 26.2 Å². The number of nitrogens with zero attached hydrogens (tertiary/aromatic N) is 2. The zero-order valence-electron chi connectivity index (χ0n) is 12.3. The summed E-state index contributed by atoms with van der Waals surface area (Å²) in [6, 6.07) is 4.65. The SMILES string of the molecule is C[C@@H]1CCC[C@@H](N2CCN(C(=O)c3cccs3)CC2)C1. The van der Waals surface area contributed by atoms with Crippen LogP contribution in [0.5, 0.6) is 0 Å². The molecule has 0 N–H and O–H groups in total. The molecule has 2 aliphatic rings. The van der Waals surface area contributed by atoms with E-state index in [0.717, 1.165) is 43.0 Å². The Kier molecular flexibility index (Phi) is 4.41. The maximum atomic E-state index is 12.3. The summed E-state index contributed by atoms with van der Waals surface area (Å²) in [5.74, 6) is 1.09. The largest absolute Gasteiger partial charge is 0.335 e. The quantitative estimate of drug-likeness (QED) is 0.836. The monoisotopic (exact) mass is 292 g/mol. The number of piperazine rings is 1. The molecule has 1 amide bonds. The Morgan fingerprint density at radius 2 is 2.05 bits per heavy atom. The average Bonchev–Trinajstić information content (AvgIpc) is 3.01. The molecular formula is C16H24N2OS. The van der Waals surface area contributed by atoms with Gasteiger partial charge in [-0.2, -0.15) is 0 Å². The second kappa shape index (κ2) is 6.27. The number of carbonyl (C=O) groups excluding carboxylic acids is 1. The van der Waals surface area contributed by atoms with E-state index in [9.17, 15) is 4.79 Å².